The van der Waals surface area contributed by atoms with Gasteiger partial charge in [0, 0.05) is 5.56 Å². The summed E-state index contributed by atoms with van der Waals surface area (Å²) in [6, 6.07) is 18.4. The predicted octanol–water partition coefficient (Wildman–Crippen LogP) is 5.44. The van der Waals surface area contributed by atoms with Gasteiger partial charge in [-0.3, -0.25) is 9.59 Å². The van der Waals surface area contributed by atoms with Gasteiger partial charge < -0.3 is 14.8 Å². The molecule has 1 aromatic heterocycles. The second-order valence-corrected chi connectivity index (χ2v) is 13.9. The number of nitrogens with one attached hydrogen (secondary N) is 1. The molecule has 2 heterocycles. The van der Waals surface area contributed by atoms with Gasteiger partial charge in [-0.2, -0.15) is 18.3 Å². The molecular weight excluding hydrogens is 711 g/mol. The summed E-state index contributed by atoms with van der Waals surface area (Å²) in [5, 5.41) is 20.7. The Balaban J connectivity index is 1.20. The number of hydrazine groups is 1. The number of halogens is 3. The number of benzene rings is 3. The van der Waals surface area contributed by atoms with Gasteiger partial charge in [-0.15, -0.1) is 5.01 Å². The van der Waals surface area contributed by atoms with Gasteiger partial charge in [0.15, 0.2) is 5.69 Å². The number of sulfonamides is 1. The first-order valence-electron chi connectivity index (χ1n) is 15.4. The molecule has 0 fully saturated rings. The van der Waals surface area contributed by atoms with Gasteiger partial charge in [0.25, 0.3) is 21.8 Å². The van der Waals surface area contributed by atoms with Crippen molar-refractivity contribution in [2.45, 2.75) is 50.5 Å². The molecule has 1 N–H and O–H groups in total. The van der Waals surface area contributed by atoms with Crippen molar-refractivity contribution in [1.82, 2.24) is 24.4 Å². The Hall–Kier alpha value is -5.98. The fourth-order valence-electron chi connectivity index (χ4n) is 4.93. The minimum atomic E-state index is -4.74. The maximum absolute atomic E-state index is 13.6. The molecule has 0 aliphatic carbocycles. The molecule has 274 valence electrons. The molecule has 19 heteroatoms. The minimum absolute atomic E-state index is 0.00422. The fraction of sp³-hybridized carbons (Fsp3) is 0.273. The average molecular weight is 744 g/mol. The molecule has 0 saturated carbocycles. The number of likely N-dealkylation sites (N-methyl/N-ethyl adjacent to an activating group) is 1. The normalized spacial score (nSPS) is 14.2. The molecule has 4 aromatic rings. The summed E-state index contributed by atoms with van der Waals surface area (Å²) in [4.78, 5) is 43.4. The third-order valence-corrected chi connectivity index (χ3v) is 9.43. The van der Waals surface area contributed by atoms with Crippen molar-refractivity contribution in [3.05, 3.63) is 106 Å². The lowest BCUT2D eigenvalue weighted by molar-refractivity contribution is -0.722. The molecule has 0 bridgehead atoms. The molecule has 1 atom stereocenters. The van der Waals surface area contributed by atoms with Crippen molar-refractivity contribution in [2.75, 3.05) is 13.7 Å². The Morgan fingerprint density at radius 3 is 2.15 bits per heavy atom. The summed E-state index contributed by atoms with van der Waals surface area (Å²) in [6.07, 6.45) is -7.38. The van der Waals surface area contributed by atoms with E-state index in [9.17, 15) is 41.2 Å². The van der Waals surface area contributed by atoms with Crippen molar-refractivity contribution in [2.24, 2.45) is 5.28 Å². The number of imide groups is 1. The monoisotopic (exact) mass is 743 g/mol. The third kappa shape index (κ3) is 7.68. The zero-order valence-corrected chi connectivity index (χ0v) is 29.1. The number of hydrogen-bond donors (Lipinski definition) is 1. The van der Waals surface area contributed by atoms with Crippen molar-refractivity contribution in [3.63, 3.8) is 0 Å². The van der Waals surface area contributed by atoms with Crippen LogP contribution in [0.4, 0.5) is 18.0 Å². The number of carbonyl (C=O) groups excluding carboxylic acids is 3. The van der Waals surface area contributed by atoms with Crippen LogP contribution in [0.25, 0.3) is 16.9 Å². The SMILES string of the molecule is Cc1ccc(-c2cc(C(F)(F)F)nn2-c2ccc(S(=O)(=O)NC(=O)OCC(C)(C)N(C)/[N+]([O-])=N\OC(C)N3C(=O)c4ccccc4C3=O)cc2)cc1. The summed E-state index contributed by atoms with van der Waals surface area (Å²) in [5.74, 6) is -1.24. The quantitative estimate of drug-likeness (QED) is 0.0900. The molecule has 15 nitrogen and oxygen atoms in total. The summed E-state index contributed by atoms with van der Waals surface area (Å²) in [7, 11) is -3.25. The van der Waals surface area contributed by atoms with Gasteiger partial charge in [-0.25, -0.2) is 27.5 Å². The summed E-state index contributed by atoms with van der Waals surface area (Å²) in [6.45, 7) is 5.56. The number of aryl methyl sites for hydroxylation is 1. The van der Waals surface area contributed by atoms with Gasteiger partial charge in [-0.1, -0.05) is 42.0 Å². The van der Waals surface area contributed by atoms with E-state index in [0.29, 0.717) is 5.56 Å². The van der Waals surface area contributed by atoms with E-state index in [1.807, 2.05) is 6.92 Å². The second-order valence-electron chi connectivity index (χ2n) is 12.3. The summed E-state index contributed by atoms with van der Waals surface area (Å²) < 4.78 is 74.4. The standard InChI is InChI=1S/C33H32F3N7O8S/c1-20-10-12-22(13-11-20)27-18-28(33(34,35)36)37-42(27)23-14-16-24(17-15-23)52(48,49)38-31(46)50-19-32(3,4)40(5)43(47)39-51-21(2)41-29(44)25-8-6-7-9-26(25)30(41)45/h6-18,21H,19H2,1-5H3,(H,38,46)/b43-39+. The van der Waals surface area contributed by atoms with Crippen LogP contribution in [0.15, 0.2) is 89.0 Å². The van der Waals surface area contributed by atoms with Gasteiger partial charge >= 0.3 is 12.3 Å². The Morgan fingerprint density at radius 1 is 1.02 bits per heavy atom. The first-order chi connectivity index (χ1) is 24.3. The molecule has 0 spiro atoms. The van der Waals surface area contributed by atoms with E-state index in [-0.39, 0.29) is 27.5 Å². The molecule has 0 saturated heterocycles. The minimum Gasteiger partial charge on any atom is -0.569 e. The van der Waals surface area contributed by atoms with Crippen molar-refractivity contribution < 1.29 is 50.5 Å². The van der Waals surface area contributed by atoms with Gasteiger partial charge in [-0.05, 0) is 70.2 Å². The van der Waals surface area contributed by atoms with Crippen molar-refractivity contribution in [1.29, 1.82) is 0 Å². The molecule has 1 aliphatic heterocycles. The van der Waals surface area contributed by atoms with Crippen LogP contribution in [-0.4, -0.2) is 76.4 Å². The highest BCUT2D eigenvalue weighted by molar-refractivity contribution is 7.90. The fourth-order valence-corrected chi connectivity index (χ4v) is 5.82. The number of hydrogen-bond acceptors (Lipinski definition) is 10. The Kier molecular flexibility index (Phi) is 10.0. The van der Waals surface area contributed by atoms with E-state index in [0.717, 1.165) is 38.4 Å². The number of rotatable bonds is 11. The van der Waals surface area contributed by atoms with Crippen LogP contribution in [0.2, 0.25) is 0 Å². The Labute approximate surface area is 295 Å². The van der Waals surface area contributed by atoms with Crippen LogP contribution < -0.4 is 4.72 Å². The molecule has 3 amide bonds. The lowest BCUT2D eigenvalue weighted by atomic mass is 10.1. The number of alkyl halides is 3. The van der Waals surface area contributed by atoms with Crippen molar-refractivity contribution in [3.8, 4) is 16.9 Å². The highest BCUT2D eigenvalue weighted by atomic mass is 32.2. The highest BCUT2D eigenvalue weighted by Crippen LogP contribution is 2.33. The molecule has 1 unspecified atom stereocenters. The number of carbonyl (C=O) groups is 3. The molecular formula is C33H32F3N7O8S. The van der Waals surface area contributed by atoms with Crippen LogP contribution in [0, 0.1) is 12.1 Å². The maximum atomic E-state index is 13.6. The van der Waals surface area contributed by atoms with E-state index < -0.39 is 63.1 Å². The van der Waals surface area contributed by atoms with Gasteiger partial charge in [0.2, 0.25) is 11.5 Å². The Morgan fingerprint density at radius 2 is 1.60 bits per heavy atom. The first-order valence-corrected chi connectivity index (χ1v) is 16.9. The van der Waals surface area contributed by atoms with E-state index in [4.69, 9.17) is 9.57 Å². The van der Waals surface area contributed by atoms with Gasteiger partial charge in [0.1, 0.15) is 12.1 Å². The lowest BCUT2D eigenvalue weighted by Crippen LogP contribution is -2.49. The molecule has 5 rings (SSSR count). The maximum Gasteiger partial charge on any atom is 0.435 e. The zero-order valence-electron chi connectivity index (χ0n) is 28.3. The summed E-state index contributed by atoms with van der Waals surface area (Å²) >= 11 is 0. The number of fused-ring (bicyclic) bond motifs is 1. The van der Waals surface area contributed by atoms with E-state index in [1.54, 1.807) is 41.1 Å². The largest absolute Gasteiger partial charge is 0.569 e. The van der Waals surface area contributed by atoms with Crippen LogP contribution in [0.1, 0.15) is 52.7 Å². The topological polar surface area (TPSA) is 179 Å². The first kappa shape index (κ1) is 37.3. The van der Waals surface area contributed by atoms with E-state index in [2.05, 4.69) is 10.4 Å². The van der Waals surface area contributed by atoms with E-state index in [1.165, 1.54) is 52.1 Å². The zero-order chi connectivity index (χ0) is 38.2. The van der Waals surface area contributed by atoms with E-state index >= 15 is 0 Å². The number of aromatic nitrogens is 2. The van der Waals surface area contributed by atoms with Crippen molar-refractivity contribution >= 4 is 27.9 Å². The van der Waals surface area contributed by atoms with Gasteiger partial charge in [0.05, 0.1) is 39.4 Å². The molecule has 0 radical (unpaired) electrons. The van der Waals surface area contributed by atoms with Crippen LogP contribution >= 0.6 is 0 Å². The predicted molar refractivity (Wildman–Crippen MR) is 176 cm³/mol. The average Bonchev–Trinajstić information content (AvgIpc) is 3.66. The number of ether oxygens (including phenoxy) is 1. The lowest BCUT2D eigenvalue weighted by Gasteiger charge is -2.30. The molecule has 1 aliphatic rings. The molecule has 3 aromatic carbocycles. The second kappa shape index (κ2) is 14.0. The number of amides is 3. The summed E-state index contributed by atoms with van der Waals surface area (Å²) in [5.41, 5.74) is -0.514. The van der Waals surface area contributed by atoms with Crippen LogP contribution in [0.5, 0.6) is 0 Å². The smallest absolute Gasteiger partial charge is 0.435 e. The third-order valence-electron chi connectivity index (χ3n) is 8.10. The highest BCUT2D eigenvalue weighted by Gasteiger charge is 2.40. The molecule has 52 heavy (non-hydrogen) atoms. The van der Waals surface area contributed by atoms with Crippen LogP contribution in [-0.2, 0) is 25.8 Å². The van der Waals surface area contributed by atoms with Crippen LogP contribution in [0.3, 0.4) is 0 Å². The number of nitrogens with zero attached hydrogens (tertiary/aromatic N) is 6. The Bertz CT molecular complexity index is 2120.